The Labute approximate surface area is 430 Å². The fraction of sp³-hybridized carbons (Fsp3) is 0.667. The van der Waals surface area contributed by atoms with Gasteiger partial charge in [-0.3, -0.25) is 14.2 Å². The summed E-state index contributed by atoms with van der Waals surface area (Å²) in [6.07, 6.45) is 66.6. The molecule has 0 saturated heterocycles. The standard InChI is InChI=1S/C60H103N2O7P/c1-7-10-13-16-19-22-25-28-29-30-31-32-33-35-37-40-43-46-49-52-59(63)61-57(56-68-70(65,66)67-55-54-62(4,5)6)58(51-48-45-42-39-36-27-24-21-18-15-12-9-3)69-60(64)53-50-47-44-41-38-34-26-23-20-17-14-11-8-2/h10,13,19,22,28-29,31-32,34-35,37-38,43-44,46-48,51,57-58H,7-9,11-12,14-18,20-21,23-27,30,33,36,39-42,45,49-50,52-56H2,1-6H3,(H-,61,63,65,66)/b13-10-,22-19-,29-28-,32-31-,37-35-,38-34-,46-43-,47-44+,51-48-. The third kappa shape index (κ3) is 49.6. The molecular formula is C60H103N2O7P. The molecule has 0 aliphatic carbocycles. The number of rotatable bonds is 48. The highest BCUT2D eigenvalue weighted by atomic mass is 31.2. The summed E-state index contributed by atoms with van der Waals surface area (Å²) in [4.78, 5) is 39.7. The molecule has 0 aromatic rings. The average molecular weight is 995 g/mol. The van der Waals surface area contributed by atoms with Gasteiger partial charge in [0.25, 0.3) is 7.82 Å². The number of nitrogens with one attached hydrogen (secondary N) is 1. The smallest absolute Gasteiger partial charge is 0.306 e. The monoisotopic (exact) mass is 995 g/mol. The quantitative estimate of drug-likeness (QED) is 0.0212. The number of ether oxygens (including phenoxy) is 1. The summed E-state index contributed by atoms with van der Waals surface area (Å²) >= 11 is 0. The molecule has 0 aromatic carbocycles. The molecule has 0 bridgehead atoms. The van der Waals surface area contributed by atoms with Crippen molar-refractivity contribution in [3.8, 4) is 0 Å². The molecule has 3 unspecified atom stereocenters. The molecule has 0 spiro atoms. The molecule has 0 aliphatic rings. The average Bonchev–Trinajstić information content (AvgIpc) is 3.32. The summed E-state index contributed by atoms with van der Waals surface area (Å²) in [5, 5.41) is 2.95. The van der Waals surface area contributed by atoms with Crippen molar-refractivity contribution >= 4 is 19.7 Å². The van der Waals surface area contributed by atoms with Crippen LogP contribution in [0.4, 0.5) is 0 Å². The lowest BCUT2D eigenvalue weighted by Gasteiger charge is -2.30. The predicted molar refractivity (Wildman–Crippen MR) is 297 cm³/mol. The Morgan fingerprint density at radius 3 is 1.37 bits per heavy atom. The number of carbonyl (C=O) groups excluding carboxylic acids is 2. The van der Waals surface area contributed by atoms with Gasteiger partial charge >= 0.3 is 5.97 Å². The first-order valence-electron chi connectivity index (χ1n) is 27.7. The number of phosphoric ester groups is 1. The lowest BCUT2D eigenvalue weighted by atomic mass is 10.1. The Hall–Kier alpha value is -3.33. The molecule has 3 atom stereocenters. The van der Waals surface area contributed by atoms with Crippen LogP contribution in [0.1, 0.15) is 207 Å². The lowest BCUT2D eigenvalue weighted by molar-refractivity contribution is -0.870. The maximum atomic E-state index is 13.4. The van der Waals surface area contributed by atoms with Crippen LogP contribution < -0.4 is 10.2 Å². The fourth-order valence-corrected chi connectivity index (χ4v) is 7.91. The van der Waals surface area contributed by atoms with Gasteiger partial charge in [0.2, 0.25) is 5.91 Å². The van der Waals surface area contributed by atoms with Crippen molar-refractivity contribution in [2.24, 2.45) is 0 Å². The summed E-state index contributed by atoms with van der Waals surface area (Å²) in [5.74, 6) is -0.727. The first-order chi connectivity index (χ1) is 33.9. The molecule has 0 fully saturated rings. The molecule has 70 heavy (non-hydrogen) atoms. The van der Waals surface area contributed by atoms with Gasteiger partial charge in [0.1, 0.15) is 19.3 Å². The van der Waals surface area contributed by atoms with E-state index in [4.69, 9.17) is 13.8 Å². The van der Waals surface area contributed by atoms with Gasteiger partial charge in [0.15, 0.2) is 0 Å². The molecule has 400 valence electrons. The number of carbonyl (C=O) groups is 2. The predicted octanol–water partition coefficient (Wildman–Crippen LogP) is 16.0. The molecular weight excluding hydrogens is 892 g/mol. The molecule has 1 amide bonds. The summed E-state index contributed by atoms with van der Waals surface area (Å²) in [5.41, 5.74) is 0. The Morgan fingerprint density at radius 2 is 0.914 bits per heavy atom. The minimum atomic E-state index is -4.73. The number of likely N-dealkylation sites (N-methyl/N-ethyl adjacent to an activating group) is 1. The van der Waals surface area contributed by atoms with E-state index in [2.05, 4.69) is 105 Å². The van der Waals surface area contributed by atoms with E-state index in [-0.39, 0.29) is 25.4 Å². The van der Waals surface area contributed by atoms with Gasteiger partial charge in [-0.15, -0.1) is 0 Å². The van der Waals surface area contributed by atoms with Crippen molar-refractivity contribution in [3.63, 3.8) is 0 Å². The number of phosphoric acid groups is 1. The summed E-state index contributed by atoms with van der Waals surface area (Å²) < 4.78 is 30.0. The number of nitrogens with zero attached hydrogens (tertiary/aromatic N) is 1. The van der Waals surface area contributed by atoms with E-state index in [1.54, 1.807) is 6.08 Å². The zero-order chi connectivity index (χ0) is 51.5. The zero-order valence-corrected chi connectivity index (χ0v) is 46.3. The van der Waals surface area contributed by atoms with Crippen molar-refractivity contribution < 1.29 is 37.3 Å². The number of unbranched alkanes of at least 4 members (excludes halogenated alkanes) is 16. The zero-order valence-electron chi connectivity index (χ0n) is 45.4. The van der Waals surface area contributed by atoms with Crippen LogP contribution in [0.2, 0.25) is 0 Å². The van der Waals surface area contributed by atoms with Crippen LogP contribution >= 0.6 is 7.82 Å². The van der Waals surface area contributed by atoms with E-state index in [1.807, 2.05) is 45.4 Å². The third-order valence-electron chi connectivity index (χ3n) is 11.5. The highest BCUT2D eigenvalue weighted by Gasteiger charge is 2.27. The molecule has 0 rings (SSSR count). The van der Waals surface area contributed by atoms with E-state index in [1.165, 1.54) is 89.9 Å². The van der Waals surface area contributed by atoms with Gasteiger partial charge < -0.3 is 28.5 Å². The number of esters is 1. The Bertz CT molecular complexity index is 1570. The first kappa shape index (κ1) is 66.7. The van der Waals surface area contributed by atoms with Crippen LogP contribution in [-0.4, -0.2) is 69.4 Å². The Kier molecular flexibility index (Phi) is 46.9. The van der Waals surface area contributed by atoms with Gasteiger partial charge in [0.05, 0.1) is 33.8 Å². The van der Waals surface area contributed by atoms with Gasteiger partial charge in [-0.2, -0.15) is 0 Å². The highest BCUT2D eigenvalue weighted by Crippen LogP contribution is 2.38. The van der Waals surface area contributed by atoms with Crippen molar-refractivity contribution in [1.29, 1.82) is 0 Å². The van der Waals surface area contributed by atoms with Crippen LogP contribution in [0.25, 0.3) is 0 Å². The second-order valence-electron chi connectivity index (χ2n) is 19.3. The SMILES string of the molecule is CC/C=C\C/C=C\C/C=C\C/C=C\C/C=C\C/C=C\CCC(=O)NC(COP(=O)([O-])OCC[N+](C)(C)C)C(/C=C\CCCCCCCCCCCC)OC(=O)CC/C=C/C/C=C\CCCCCCCC. The summed E-state index contributed by atoms with van der Waals surface area (Å²) in [6.45, 7) is 6.59. The van der Waals surface area contributed by atoms with E-state index >= 15 is 0 Å². The first-order valence-corrected chi connectivity index (χ1v) is 29.2. The van der Waals surface area contributed by atoms with Crippen molar-refractivity contribution in [3.05, 3.63) is 109 Å². The molecule has 0 heterocycles. The minimum absolute atomic E-state index is 0.0487. The summed E-state index contributed by atoms with van der Waals surface area (Å²) in [6, 6.07) is -0.956. The molecule has 9 nitrogen and oxygen atoms in total. The number of hydrogen-bond donors (Lipinski definition) is 1. The number of quaternary nitrogens is 1. The normalized spacial score (nSPS) is 14.7. The van der Waals surface area contributed by atoms with Crippen LogP contribution in [-0.2, 0) is 27.9 Å². The number of hydrogen-bond acceptors (Lipinski definition) is 7. The fourth-order valence-electron chi connectivity index (χ4n) is 7.18. The molecule has 0 aromatic heterocycles. The Balaban J connectivity index is 5.57. The topological polar surface area (TPSA) is 114 Å². The van der Waals surface area contributed by atoms with Crippen molar-refractivity contribution in [2.45, 2.75) is 219 Å². The minimum Gasteiger partial charge on any atom is -0.756 e. The van der Waals surface area contributed by atoms with Crippen LogP contribution in [0.5, 0.6) is 0 Å². The number of allylic oxidation sites excluding steroid dienone is 17. The molecule has 0 saturated carbocycles. The lowest BCUT2D eigenvalue weighted by Crippen LogP contribution is -2.47. The van der Waals surface area contributed by atoms with Crippen molar-refractivity contribution in [1.82, 2.24) is 5.32 Å². The van der Waals surface area contributed by atoms with E-state index < -0.39 is 32.5 Å². The largest absolute Gasteiger partial charge is 0.756 e. The van der Waals surface area contributed by atoms with E-state index in [9.17, 15) is 19.0 Å². The second kappa shape index (κ2) is 49.3. The maximum absolute atomic E-state index is 13.4. The third-order valence-corrected chi connectivity index (χ3v) is 12.4. The van der Waals surface area contributed by atoms with Crippen LogP contribution in [0.15, 0.2) is 109 Å². The Morgan fingerprint density at radius 1 is 0.514 bits per heavy atom. The van der Waals surface area contributed by atoms with E-state index in [0.29, 0.717) is 23.9 Å². The van der Waals surface area contributed by atoms with Crippen LogP contribution in [0, 0.1) is 0 Å². The summed E-state index contributed by atoms with van der Waals surface area (Å²) in [7, 11) is 1.10. The van der Waals surface area contributed by atoms with Gasteiger partial charge in [-0.25, -0.2) is 0 Å². The molecule has 0 radical (unpaired) electrons. The second-order valence-corrected chi connectivity index (χ2v) is 20.8. The highest BCUT2D eigenvalue weighted by molar-refractivity contribution is 7.45. The van der Waals surface area contributed by atoms with Gasteiger partial charge in [-0.05, 0) is 89.5 Å². The molecule has 10 heteroatoms. The molecule has 1 N–H and O–H groups in total. The van der Waals surface area contributed by atoms with Crippen molar-refractivity contribution in [2.75, 3.05) is 40.9 Å². The van der Waals surface area contributed by atoms with E-state index in [0.717, 1.165) is 70.6 Å². The maximum Gasteiger partial charge on any atom is 0.306 e. The van der Waals surface area contributed by atoms with Gasteiger partial charge in [-0.1, -0.05) is 214 Å². The van der Waals surface area contributed by atoms with Gasteiger partial charge in [0, 0.05) is 12.8 Å². The number of amides is 1. The van der Waals surface area contributed by atoms with Crippen LogP contribution in [0.3, 0.4) is 0 Å². The molecule has 0 aliphatic heterocycles.